The Kier molecular flexibility index (Phi) is 5.62. The highest BCUT2D eigenvalue weighted by atomic mass is 15.1. The van der Waals surface area contributed by atoms with Crippen LogP contribution in [0.15, 0.2) is 24.3 Å². The highest BCUT2D eigenvalue weighted by molar-refractivity contribution is 5.98. The third-order valence-corrected chi connectivity index (χ3v) is 5.57. The zero-order valence-corrected chi connectivity index (χ0v) is 17.8. The summed E-state index contributed by atoms with van der Waals surface area (Å²) in [5, 5.41) is 0. The van der Waals surface area contributed by atoms with E-state index in [4.69, 9.17) is 23.6 Å². The average molecular weight is 412 g/mol. The fourth-order valence-corrected chi connectivity index (χ4v) is 3.88. The monoisotopic (exact) mass is 411 g/mol. The van der Waals surface area contributed by atoms with E-state index in [2.05, 4.69) is 45.5 Å². The second-order valence-corrected chi connectivity index (χ2v) is 7.28. The molecule has 0 atom stereocenters. The van der Waals surface area contributed by atoms with Crippen molar-refractivity contribution in [3.63, 3.8) is 0 Å². The number of aryl methyl sites for hydroxylation is 1. The van der Waals surface area contributed by atoms with Crippen LogP contribution in [-0.4, -0.2) is 49.0 Å². The molecule has 7 nitrogen and oxygen atoms in total. The predicted octanol–water partition coefficient (Wildman–Crippen LogP) is 3.25. The van der Waals surface area contributed by atoms with Crippen molar-refractivity contribution in [3.05, 3.63) is 35.7 Å². The Labute approximate surface area is 181 Å². The van der Waals surface area contributed by atoms with Gasteiger partial charge in [-0.15, -0.1) is 12.8 Å². The van der Waals surface area contributed by atoms with Crippen LogP contribution in [0.4, 0.5) is 5.82 Å². The molecule has 0 fully saturated rings. The highest BCUT2D eigenvalue weighted by Crippen LogP contribution is 2.35. The average Bonchev–Trinajstić information content (AvgIpc) is 3.33. The van der Waals surface area contributed by atoms with E-state index >= 15 is 0 Å². The van der Waals surface area contributed by atoms with Gasteiger partial charge < -0.3 is 20.2 Å². The maximum atomic E-state index is 6.64. The number of terminal acetylenes is 2. The molecule has 0 unspecified atom stereocenters. The van der Waals surface area contributed by atoms with E-state index < -0.39 is 0 Å². The maximum absolute atomic E-state index is 6.64. The van der Waals surface area contributed by atoms with Gasteiger partial charge in [-0.3, -0.25) is 0 Å². The highest BCUT2D eigenvalue weighted by Gasteiger charge is 2.23. The molecule has 156 valence electrons. The predicted molar refractivity (Wildman–Crippen MR) is 125 cm³/mol. The van der Waals surface area contributed by atoms with Crippen molar-refractivity contribution in [1.82, 2.24) is 29.4 Å². The van der Waals surface area contributed by atoms with Crippen LogP contribution < -0.4 is 5.73 Å². The van der Waals surface area contributed by atoms with Crippen molar-refractivity contribution in [2.45, 2.75) is 26.8 Å². The lowest BCUT2D eigenvalue weighted by molar-refractivity contribution is 0.294. The van der Waals surface area contributed by atoms with Crippen molar-refractivity contribution in [2.75, 3.05) is 25.4 Å². The van der Waals surface area contributed by atoms with Gasteiger partial charge >= 0.3 is 0 Å². The molecule has 4 rings (SSSR count). The molecule has 0 aliphatic carbocycles. The zero-order chi connectivity index (χ0) is 22.0. The number of H-pyrrole nitrogens is 1. The van der Waals surface area contributed by atoms with Gasteiger partial charge in [0.15, 0.2) is 5.65 Å². The number of rotatable bonds is 7. The van der Waals surface area contributed by atoms with Crippen LogP contribution in [0.2, 0.25) is 0 Å². The first-order valence-corrected chi connectivity index (χ1v) is 10.4. The minimum absolute atomic E-state index is 0.327. The largest absolute Gasteiger partial charge is 0.384 e. The normalized spacial score (nSPS) is 11.3. The summed E-state index contributed by atoms with van der Waals surface area (Å²) in [4.78, 5) is 19.7. The first-order valence-electron chi connectivity index (χ1n) is 10.4. The van der Waals surface area contributed by atoms with Crippen molar-refractivity contribution in [2.24, 2.45) is 0 Å². The Morgan fingerprint density at radius 2 is 1.77 bits per heavy atom. The first kappa shape index (κ1) is 20.5. The Hall–Kier alpha value is -3.81. The van der Waals surface area contributed by atoms with Gasteiger partial charge in [0.2, 0.25) is 0 Å². The Morgan fingerprint density at radius 1 is 1.06 bits per heavy atom. The number of fused-ring (bicyclic) bond motifs is 2. The number of anilines is 1. The van der Waals surface area contributed by atoms with Crippen molar-refractivity contribution < 1.29 is 0 Å². The molecule has 0 bridgehead atoms. The Bertz CT molecular complexity index is 1290. The number of nitrogen functional groups attached to an aromatic ring is 1. The van der Waals surface area contributed by atoms with Crippen molar-refractivity contribution >= 4 is 28.0 Å². The van der Waals surface area contributed by atoms with Crippen LogP contribution in [0, 0.1) is 24.7 Å². The van der Waals surface area contributed by atoms with Crippen molar-refractivity contribution in [3.8, 4) is 36.1 Å². The van der Waals surface area contributed by atoms with Crippen LogP contribution in [0.25, 0.3) is 33.6 Å². The van der Waals surface area contributed by atoms with Gasteiger partial charge in [0.25, 0.3) is 0 Å². The summed E-state index contributed by atoms with van der Waals surface area (Å²) in [7, 11) is 0. The third-order valence-electron chi connectivity index (χ3n) is 5.57. The number of nitrogens with zero attached hydrogens (tertiary/aromatic N) is 5. The van der Waals surface area contributed by atoms with Gasteiger partial charge in [-0.25, -0.2) is 15.0 Å². The molecule has 1 aromatic carbocycles. The molecule has 0 radical (unpaired) electrons. The number of hydrogen-bond acceptors (Lipinski definition) is 5. The number of nitrogens with two attached hydrogens (primary N) is 1. The minimum atomic E-state index is 0.327. The third kappa shape index (κ3) is 3.61. The lowest BCUT2D eigenvalue weighted by Crippen LogP contribution is -2.25. The molecule has 7 heteroatoms. The molecule has 0 saturated carbocycles. The molecule has 3 aromatic heterocycles. The molecule has 0 saturated heterocycles. The number of nitrogens with one attached hydrogen (secondary N) is 1. The summed E-state index contributed by atoms with van der Waals surface area (Å²) in [6.07, 6.45) is 12.2. The van der Waals surface area contributed by atoms with Crippen LogP contribution in [0.1, 0.15) is 31.7 Å². The quantitative estimate of drug-likeness (QED) is 0.456. The summed E-state index contributed by atoms with van der Waals surface area (Å²) >= 11 is 0. The second-order valence-electron chi connectivity index (χ2n) is 7.28. The number of benzene rings is 1. The molecule has 4 aromatic rings. The minimum Gasteiger partial charge on any atom is -0.384 e. The fraction of sp³-hybridized carbons (Fsp3) is 0.292. The molecule has 0 amide bonds. The maximum Gasteiger partial charge on any atom is 0.162 e. The summed E-state index contributed by atoms with van der Waals surface area (Å²) in [5.41, 5.74) is 11.0. The van der Waals surface area contributed by atoms with Gasteiger partial charge in [-0.2, -0.15) is 0 Å². The molecule has 3 heterocycles. The van der Waals surface area contributed by atoms with Gasteiger partial charge in [0, 0.05) is 6.54 Å². The number of aromatic amines is 1. The Balaban J connectivity index is 1.87. The topological polar surface area (TPSA) is 88.7 Å². The molecule has 0 spiro atoms. The number of aromatic nitrogens is 5. The van der Waals surface area contributed by atoms with E-state index in [0.29, 0.717) is 46.3 Å². The summed E-state index contributed by atoms with van der Waals surface area (Å²) in [6.45, 7) is 7.99. The van der Waals surface area contributed by atoms with E-state index in [9.17, 15) is 0 Å². The standard InChI is InChI=1S/C24H25N7/c1-5-16-17(6-2)29-24-21(26-16)20(23-27-18-12-9-10-13-19(18)28-23)22(25)31(24)15-11-14-30(7-3)8-4/h1-2,9-10,12-13H,7-8,11,14-15,25H2,3-4H3,(H,27,28). The van der Waals surface area contributed by atoms with Crippen molar-refractivity contribution in [1.29, 1.82) is 0 Å². The number of imidazole rings is 1. The summed E-state index contributed by atoms with van der Waals surface area (Å²) in [5.74, 6) is 6.27. The molecule has 0 aliphatic rings. The summed E-state index contributed by atoms with van der Waals surface area (Å²) < 4.78 is 1.97. The molecule has 0 aliphatic heterocycles. The molecular formula is C24H25N7. The molecule has 3 N–H and O–H groups in total. The fourth-order valence-electron chi connectivity index (χ4n) is 3.88. The lowest BCUT2D eigenvalue weighted by Gasteiger charge is -2.18. The van der Waals surface area contributed by atoms with Gasteiger partial charge in [0.05, 0.1) is 16.6 Å². The van der Waals surface area contributed by atoms with Gasteiger partial charge in [-0.05, 0) is 50.0 Å². The summed E-state index contributed by atoms with van der Waals surface area (Å²) in [6, 6.07) is 7.83. The van der Waals surface area contributed by atoms with Crippen LogP contribution in [0.3, 0.4) is 0 Å². The van der Waals surface area contributed by atoms with Crippen LogP contribution in [-0.2, 0) is 6.54 Å². The number of hydrogen-bond donors (Lipinski definition) is 2. The van der Waals surface area contributed by atoms with E-state index in [-0.39, 0.29) is 0 Å². The van der Waals surface area contributed by atoms with E-state index in [1.54, 1.807) is 0 Å². The zero-order valence-electron chi connectivity index (χ0n) is 17.8. The smallest absolute Gasteiger partial charge is 0.162 e. The van der Waals surface area contributed by atoms with E-state index in [1.165, 1.54) is 0 Å². The van der Waals surface area contributed by atoms with Crippen LogP contribution >= 0.6 is 0 Å². The van der Waals surface area contributed by atoms with Gasteiger partial charge in [-0.1, -0.05) is 26.0 Å². The SMILES string of the molecule is C#Cc1nc2c(-c3nc4ccccc4[nH]3)c(N)n(CCCN(CC)CC)c2nc1C#C. The molecule has 31 heavy (non-hydrogen) atoms. The van der Waals surface area contributed by atoms with Gasteiger partial charge in [0.1, 0.15) is 28.5 Å². The lowest BCUT2D eigenvalue weighted by atomic mass is 10.2. The molecular weight excluding hydrogens is 386 g/mol. The van der Waals surface area contributed by atoms with E-state index in [0.717, 1.165) is 37.1 Å². The second kappa shape index (κ2) is 8.51. The Morgan fingerprint density at radius 3 is 2.45 bits per heavy atom. The first-order chi connectivity index (χ1) is 15.1. The van der Waals surface area contributed by atoms with E-state index in [1.807, 2.05) is 28.8 Å². The number of para-hydroxylation sites is 2. The van der Waals surface area contributed by atoms with Crippen LogP contribution in [0.5, 0.6) is 0 Å².